The van der Waals surface area contributed by atoms with Crippen LogP contribution in [0.2, 0.25) is 4.34 Å². The van der Waals surface area contributed by atoms with Crippen LogP contribution < -0.4 is 10.5 Å². The molecule has 0 radical (unpaired) electrons. The summed E-state index contributed by atoms with van der Waals surface area (Å²) in [5.41, 5.74) is 1.36. The zero-order chi connectivity index (χ0) is 15.5. The van der Waals surface area contributed by atoms with Gasteiger partial charge >= 0.3 is 0 Å². The molecule has 21 heavy (non-hydrogen) atoms. The van der Waals surface area contributed by atoms with E-state index in [1.807, 2.05) is 0 Å². The molecule has 0 fully saturated rings. The summed E-state index contributed by atoms with van der Waals surface area (Å²) >= 11 is 6.57. The van der Waals surface area contributed by atoms with E-state index in [1.54, 1.807) is 0 Å². The molecule has 5 nitrogen and oxygen atoms in total. The molecular formula is C13H17ClN2O3S2. The molecule has 116 valence electrons. The molecule has 3 N–H and O–H groups in total. The summed E-state index contributed by atoms with van der Waals surface area (Å²) in [7, 11) is -3.94. The molecule has 1 heterocycles. The third-order valence-corrected chi connectivity index (χ3v) is 6.03. The minimum atomic E-state index is -3.94. The van der Waals surface area contributed by atoms with Gasteiger partial charge in [-0.05, 0) is 38.2 Å². The van der Waals surface area contributed by atoms with Gasteiger partial charge < -0.3 is 5.32 Å². The summed E-state index contributed by atoms with van der Waals surface area (Å²) in [6.07, 6.45) is 7.58. The number of nitrogens with one attached hydrogen (secondary N) is 1. The highest BCUT2D eigenvalue weighted by molar-refractivity contribution is 7.91. The second-order valence-electron chi connectivity index (χ2n) is 4.91. The Morgan fingerprint density at radius 3 is 2.81 bits per heavy atom. The van der Waals surface area contributed by atoms with Crippen LogP contribution in [0.4, 0.5) is 0 Å². The highest BCUT2D eigenvalue weighted by Gasteiger charge is 2.23. The minimum Gasteiger partial charge on any atom is -0.352 e. The molecule has 8 heteroatoms. The Morgan fingerprint density at radius 1 is 1.43 bits per heavy atom. The van der Waals surface area contributed by atoms with Crippen LogP contribution in [0, 0.1) is 0 Å². The SMILES string of the molecule is NS(=O)(=O)c1sc(Cl)cc1C(=O)NCCC1=CCCCC1. The lowest BCUT2D eigenvalue weighted by atomic mass is 9.97. The van der Waals surface area contributed by atoms with Crippen molar-refractivity contribution in [1.82, 2.24) is 5.32 Å². The molecule has 0 spiro atoms. The van der Waals surface area contributed by atoms with Crippen LogP contribution in [-0.2, 0) is 10.0 Å². The number of rotatable bonds is 5. The van der Waals surface area contributed by atoms with Gasteiger partial charge in [-0.15, -0.1) is 11.3 Å². The van der Waals surface area contributed by atoms with E-state index in [9.17, 15) is 13.2 Å². The Balaban J connectivity index is 1.99. The summed E-state index contributed by atoms with van der Waals surface area (Å²) in [6, 6.07) is 1.33. The van der Waals surface area contributed by atoms with Crippen molar-refractivity contribution >= 4 is 38.9 Å². The van der Waals surface area contributed by atoms with Crippen LogP contribution >= 0.6 is 22.9 Å². The average molecular weight is 349 g/mol. The number of sulfonamides is 1. The van der Waals surface area contributed by atoms with Crippen molar-refractivity contribution in [3.8, 4) is 0 Å². The lowest BCUT2D eigenvalue weighted by Gasteiger charge is -2.12. The van der Waals surface area contributed by atoms with E-state index in [-0.39, 0.29) is 14.1 Å². The van der Waals surface area contributed by atoms with Crippen LogP contribution in [0.3, 0.4) is 0 Å². The van der Waals surface area contributed by atoms with Crippen molar-refractivity contribution in [3.63, 3.8) is 0 Å². The van der Waals surface area contributed by atoms with Gasteiger partial charge in [0, 0.05) is 6.54 Å². The first kappa shape index (κ1) is 16.5. The van der Waals surface area contributed by atoms with Gasteiger partial charge in [0.15, 0.2) is 0 Å². The number of nitrogens with two attached hydrogens (primary N) is 1. The lowest BCUT2D eigenvalue weighted by molar-refractivity contribution is 0.0951. The molecule has 1 aliphatic carbocycles. The number of hydrogen-bond donors (Lipinski definition) is 2. The van der Waals surface area contributed by atoms with Gasteiger partial charge in [-0.25, -0.2) is 13.6 Å². The Hall–Kier alpha value is -0.890. The Morgan fingerprint density at radius 2 is 2.19 bits per heavy atom. The zero-order valence-electron chi connectivity index (χ0n) is 11.4. The summed E-state index contributed by atoms with van der Waals surface area (Å²) < 4.78 is 22.9. The van der Waals surface area contributed by atoms with Crippen LogP contribution in [0.1, 0.15) is 42.5 Å². The molecular weight excluding hydrogens is 332 g/mol. The first-order valence-electron chi connectivity index (χ1n) is 6.66. The highest BCUT2D eigenvalue weighted by Crippen LogP contribution is 2.29. The zero-order valence-corrected chi connectivity index (χ0v) is 13.8. The summed E-state index contributed by atoms with van der Waals surface area (Å²) in [5, 5.41) is 7.81. The fourth-order valence-corrected chi connectivity index (χ4v) is 4.56. The molecule has 1 aromatic rings. The predicted molar refractivity (Wildman–Crippen MR) is 84.2 cm³/mol. The second-order valence-corrected chi connectivity index (χ2v) is 8.35. The quantitative estimate of drug-likeness (QED) is 0.801. The maximum absolute atomic E-state index is 12.1. The summed E-state index contributed by atoms with van der Waals surface area (Å²) in [4.78, 5) is 12.1. The van der Waals surface area contributed by atoms with Gasteiger partial charge in [0.2, 0.25) is 10.0 Å². The number of allylic oxidation sites excluding steroid dienone is 1. The van der Waals surface area contributed by atoms with Crippen LogP contribution in [0.15, 0.2) is 21.9 Å². The standard InChI is InChI=1S/C13H17ClN2O3S2/c14-11-8-10(13(20-11)21(15,18)19)12(17)16-7-6-9-4-2-1-3-5-9/h4,8H,1-3,5-7H2,(H,16,17)(H2,15,18,19). The van der Waals surface area contributed by atoms with Gasteiger partial charge in [0.05, 0.1) is 9.90 Å². The molecule has 1 amide bonds. The Labute approximate surface area is 133 Å². The number of carbonyl (C=O) groups is 1. The maximum Gasteiger partial charge on any atom is 0.253 e. The largest absolute Gasteiger partial charge is 0.352 e. The smallest absolute Gasteiger partial charge is 0.253 e. The highest BCUT2D eigenvalue weighted by atomic mass is 35.5. The maximum atomic E-state index is 12.1. The molecule has 0 bridgehead atoms. The molecule has 1 aromatic heterocycles. The van der Waals surface area contributed by atoms with E-state index in [2.05, 4.69) is 11.4 Å². The molecule has 0 saturated carbocycles. The number of amides is 1. The fraction of sp³-hybridized carbons (Fsp3) is 0.462. The molecule has 1 aliphatic rings. The monoisotopic (exact) mass is 348 g/mol. The van der Waals surface area contributed by atoms with Crippen LogP contribution in [0.5, 0.6) is 0 Å². The van der Waals surface area contributed by atoms with Gasteiger partial charge in [0.25, 0.3) is 5.91 Å². The predicted octanol–water partition coefficient (Wildman–Crippen LogP) is 2.67. The van der Waals surface area contributed by atoms with Gasteiger partial charge in [-0.2, -0.15) is 0 Å². The summed E-state index contributed by atoms with van der Waals surface area (Å²) in [5.74, 6) is -0.460. The molecule has 2 rings (SSSR count). The van der Waals surface area contributed by atoms with Crippen molar-refractivity contribution < 1.29 is 13.2 Å². The second kappa shape index (κ2) is 6.91. The third kappa shape index (κ3) is 4.54. The Kier molecular flexibility index (Phi) is 5.43. The first-order chi connectivity index (χ1) is 9.88. The number of halogens is 1. The normalized spacial score (nSPS) is 15.6. The van der Waals surface area contributed by atoms with E-state index in [1.165, 1.54) is 24.5 Å². The lowest BCUT2D eigenvalue weighted by Crippen LogP contribution is -2.26. The first-order valence-corrected chi connectivity index (χ1v) is 9.40. The molecule has 0 atom stereocenters. The van der Waals surface area contributed by atoms with Crippen molar-refractivity contribution in [2.24, 2.45) is 5.14 Å². The van der Waals surface area contributed by atoms with E-state index in [4.69, 9.17) is 16.7 Å². The van der Waals surface area contributed by atoms with E-state index in [0.717, 1.165) is 30.6 Å². The summed E-state index contributed by atoms with van der Waals surface area (Å²) in [6.45, 7) is 0.474. The molecule has 0 saturated heterocycles. The minimum absolute atomic E-state index is 0.0186. The molecule has 0 aliphatic heterocycles. The fourth-order valence-electron chi connectivity index (χ4n) is 2.28. The van der Waals surface area contributed by atoms with Gasteiger partial charge in [-0.3, -0.25) is 4.79 Å². The molecule has 0 aromatic carbocycles. The number of hydrogen-bond acceptors (Lipinski definition) is 4. The Bertz CT molecular complexity index is 665. The third-order valence-electron chi connectivity index (χ3n) is 3.29. The van der Waals surface area contributed by atoms with Crippen molar-refractivity contribution in [1.29, 1.82) is 0 Å². The van der Waals surface area contributed by atoms with Crippen LogP contribution in [-0.4, -0.2) is 20.9 Å². The van der Waals surface area contributed by atoms with Crippen molar-refractivity contribution in [2.45, 2.75) is 36.3 Å². The number of carbonyl (C=O) groups excluding carboxylic acids is 1. The van der Waals surface area contributed by atoms with E-state index < -0.39 is 15.9 Å². The van der Waals surface area contributed by atoms with Crippen LogP contribution in [0.25, 0.3) is 0 Å². The van der Waals surface area contributed by atoms with E-state index in [0.29, 0.717) is 6.54 Å². The van der Waals surface area contributed by atoms with E-state index >= 15 is 0 Å². The van der Waals surface area contributed by atoms with Crippen molar-refractivity contribution in [2.75, 3.05) is 6.54 Å². The van der Waals surface area contributed by atoms with Crippen molar-refractivity contribution in [3.05, 3.63) is 27.6 Å². The topological polar surface area (TPSA) is 89.3 Å². The van der Waals surface area contributed by atoms with Gasteiger partial charge in [0.1, 0.15) is 4.21 Å². The molecule has 0 unspecified atom stereocenters. The van der Waals surface area contributed by atoms with Gasteiger partial charge in [-0.1, -0.05) is 23.3 Å². The number of primary sulfonamides is 1. The average Bonchev–Trinajstić information content (AvgIpc) is 2.82. The number of thiophene rings is 1.